The van der Waals surface area contributed by atoms with Crippen molar-refractivity contribution in [3.8, 4) is 5.69 Å². The van der Waals surface area contributed by atoms with Crippen molar-refractivity contribution in [1.82, 2.24) is 20.1 Å². The summed E-state index contributed by atoms with van der Waals surface area (Å²) in [6, 6.07) is 6.35. The van der Waals surface area contributed by atoms with Crippen LogP contribution in [-0.2, 0) is 6.54 Å². The third-order valence-corrected chi connectivity index (χ3v) is 4.59. The number of nitrogens with zero attached hydrogens (tertiary/aromatic N) is 3. The molecule has 0 spiro atoms. The van der Waals surface area contributed by atoms with Crippen LogP contribution >= 0.6 is 0 Å². The average Bonchev–Trinajstić information content (AvgIpc) is 3.06. The fourth-order valence-corrected chi connectivity index (χ4v) is 2.67. The quantitative estimate of drug-likeness (QED) is 0.786. The second kappa shape index (κ2) is 7.51. The van der Waals surface area contributed by atoms with Gasteiger partial charge in [-0.05, 0) is 37.0 Å². The molecule has 1 heterocycles. The van der Waals surface area contributed by atoms with Crippen molar-refractivity contribution < 1.29 is 5.11 Å². The maximum Gasteiger partial charge on any atom is 0.138 e. The van der Waals surface area contributed by atoms with Gasteiger partial charge in [-0.2, -0.15) is 5.10 Å². The molecule has 0 bridgehead atoms. The topological polar surface area (TPSA) is 63.0 Å². The molecule has 1 aromatic carbocycles. The highest BCUT2D eigenvalue weighted by molar-refractivity contribution is 5.41. The molecular formula is C17H26N4O. The summed E-state index contributed by atoms with van der Waals surface area (Å²) < 4.78 is 1.78. The van der Waals surface area contributed by atoms with Gasteiger partial charge in [0.15, 0.2) is 0 Å². The Morgan fingerprint density at radius 2 is 2.05 bits per heavy atom. The number of nitrogens with one attached hydrogen (secondary N) is 1. The van der Waals surface area contributed by atoms with Gasteiger partial charge in [0.05, 0.1) is 5.69 Å². The van der Waals surface area contributed by atoms with Gasteiger partial charge in [0, 0.05) is 25.1 Å². The second-order valence-electron chi connectivity index (χ2n) is 5.93. The van der Waals surface area contributed by atoms with Gasteiger partial charge in [-0.3, -0.25) is 0 Å². The minimum Gasteiger partial charge on any atom is -0.396 e. The Morgan fingerprint density at radius 1 is 1.27 bits per heavy atom. The molecule has 0 amide bonds. The van der Waals surface area contributed by atoms with Crippen molar-refractivity contribution in [1.29, 1.82) is 0 Å². The van der Waals surface area contributed by atoms with Crippen LogP contribution in [0.5, 0.6) is 0 Å². The van der Waals surface area contributed by atoms with Gasteiger partial charge in [0.1, 0.15) is 12.7 Å². The summed E-state index contributed by atoms with van der Waals surface area (Å²) in [6.45, 7) is 8.23. The predicted molar refractivity (Wildman–Crippen MR) is 87.9 cm³/mol. The zero-order chi connectivity index (χ0) is 16.0. The molecule has 0 atom stereocenters. The molecule has 5 heteroatoms. The van der Waals surface area contributed by atoms with Gasteiger partial charge >= 0.3 is 0 Å². The molecule has 2 aromatic rings. The van der Waals surface area contributed by atoms with E-state index in [4.69, 9.17) is 0 Å². The Hall–Kier alpha value is -1.72. The summed E-state index contributed by atoms with van der Waals surface area (Å²) >= 11 is 0. The SMILES string of the molecule is CCC(CC)(CO)CNCc1ccc(-n2cncn2)c(C)c1. The van der Waals surface area contributed by atoms with E-state index < -0.39 is 0 Å². The van der Waals surface area contributed by atoms with E-state index in [2.05, 4.69) is 54.4 Å². The Kier molecular flexibility index (Phi) is 5.69. The van der Waals surface area contributed by atoms with Crippen molar-refractivity contribution in [2.24, 2.45) is 5.41 Å². The number of aliphatic hydroxyl groups excluding tert-OH is 1. The summed E-state index contributed by atoms with van der Waals surface area (Å²) in [5.41, 5.74) is 3.45. The van der Waals surface area contributed by atoms with Gasteiger partial charge in [-0.1, -0.05) is 26.0 Å². The first-order valence-electron chi connectivity index (χ1n) is 7.90. The van der Waals surface area contributed by atoms with Crippen molar-refractivity contribution in [2.45, 2.75) is 40.2 Å². The smallest absolute Gasteiger partial charge is 0.138 e. The van der Waals surface area contributed by atoms with Crippen molar-refractivity contribution >= 4 is 0 Å². The van der Waals surface area contributed by atoms with Gasteiger partial charge in [-0.25, -0.2) is 9.67 Å². The molecule has 22 heavy (non-hydrogen) atoms. The van der Waals surface area contributed by atoms with Crippen LogP contribution in [-0.4, -0.2) is 33.0 Å². The molecule has 0 aliphatic rings. The second-order valence-corrected chi connectivity index (χ2v) is 5.93. The molecule has 120 valence electrons. The van der Waals surface area contributed by atoms with Crippen molar-refractivity contribution in [2.75, 3.05) is 13.2 Å². The molecule has 0 radical (unpaired) electrons. The van der Waals surface area contributed by atoms with Gasteiger partial charge < -0.3 is 10.4 Å². The summed E-state index contributed by atoms with van der Waals surface area (Å²) in [5, 5.41) is 17.3. The van der Waals surface area contributed by atoms with E-state index in [1.54, 1.807) is 17.3 Å². The van der Waals surface area contributed by atoms with Crippen LogP contribution in [0, 0.1) is 12.3 Å². The minimum atomic E-state index is -0.00425. The van der Waals surface area contributed by atoms with E-state index in [1.165, 1.54) is 11.1 Å². The normalized spacial score (nSPS) is 11.8. The Labute approximate surface area is 132 Å². The summed E-state index contributed by atoms with van der Waals surface area (Å²) in [6.07, 6.45) is 5.21. The zero-order valence-corrected chi connectivity index (χ0v) is 13.7. The molecule has 1 aromatic heterocycles. The molecule has 0 saturated carbocycles. The van der Waals surface area contributed by atoms with E-state index >= 15 is 0 Å². The number of aliphatic hydroxyl groups is 1. The Bertz CT molecular complexity index is 568. The highest BCUT2D eigenvalue weighted by Crippen LogP contribution is 2.24. The third kappa shape index (κ3) is 3.72. The summed E-state index contributed by atoms with van der Waals surface area (Å²) in [5.74, 6) is 0. The largest absolute Gasteiger partial charge is 0.396 e. The van der Waals surface area contributed by atoms with Crippen LogP contribution in [0.15, 0.2) is 30.9 Å². The van der Waals surface area contributed by atoms with Gasteiger partial charge in [0.2, 0.25) is 0 Å². The molecule has 2 N–H and O–H groups in total. The molecule has 0 fully saturated rings. The van der Waals surface area contributed by atoms with E-state index in [-0.39, 0.29) is 12.0 Å². The minimum absolute atomic E-state index is 0.00425. The molecule has 0 unspecified atom stereocenters. The lowest BCUT2D eigenvalue weighted by atomic mass is 9.83. The maximum absolute atomic E-state index is 9.60. The highest BCUT2D eigenvalue weighted by atomic mass is 16.3. The average molecular weight is 302 g/mol. The van der Waals surface area contributed by atoms with Crippen LogP contribution < -0.4 is 5.32 Å². The highest BCUT2D eigenvalue weighted by Gasteiger charge is 2.24. The molecule has 2 rings (SSSR count). The van der Waals surface area contributed by atoms with Gasteiger partial charge in [0.25, 0.3) is 0 Å². The van der Waals surface area contributed by atoms with Crippen LogP contribution in [0.3, 0.4) is 0 Å². The van der Waals surface area contributed by atoms with Crippen molar-refractivity contribution in [3.05, 3.63) is 42.0 Å². The molecule has 0 saturated heterocycles. The van der Waals surface area contributed by atoms with E-state index in [0.29, 0.717) is 0 Å². The van der Waals surface area contributed by atoms with E-state index in [9.17, 15) is 5.11 Å². The van der Waals surface area contributed by atoms with Crippen LogP contribution in [0.1, 0.15) is 37.8 Å². The first kappa shape index (κ1) is 16.6. The standard InChI is InChI=1S/C17H26N4O/c1-4-17(5-2,11-22)10-18-9-15-6-7-16(14(3)8-15)21-13-19-12-20-21/h6-8,12-13,18,22H,4-5,9-11H2,1-3H3. The lowest BCUT2D eigenvalue weighted by Crippen LogP contribution is -2.36. The van der Waals surface area contributed by atoms with E-state index in [0.717, 1.165) is 31.6 Å². The van der Waals surface area contributed by atoms with E-state index in [1.807, 2.05) is 0 Å². The molecular weight excluding hydrogens is 276 g/mol. The van der Waals surface area contributed by atoms with Crippen LogP contribution in [0.2, 0.25) is 0 Å². The summed E-state index contributed by atoms with van der Waals surface area (Å²) in [4.78, 5) is 3.98. The predicted octanol–water partition coefficient (Wildman–Crippen LogP) is 2.46. The number of hydrogen-bond acceptors (Lipinski definition) is 4. The first-order valence-corrected chi connectivity index (χ1v) is 7.90. The zero-order valence-electron chi connectivity index (χ0n) is 13.7. The Morgan fingerprint density at radius 3 is 2.59 bits per heavy atom. The fraction of sp³-hybridized carbons (Fsp3) is 0.529. The lowest BCUT2D eigenvalue weighted by Gasteiger charge is -2.29. The van der Waals surface area contributed by atoms with Gasteiger partial charge in [-0.15, -0.1) is 0 Å². The number of aromatic nitrogens is 3. The molecule has 0 aliphatic heterocycles. The number of aryl methyl sites for hydroxylation is 1. The molecule has 0 aliphatic carbocycles. The lowest BCUT2D eigenvalue weighted by molar-refractivity contribution is 0.113. The first-order chi connectivity index (χ1) is 10.6. The number of rotatable bonds is 8. The number of hydrogen-bond donors (Lipinski definition) is 2. The maximum atomic E-state index is 9.60. The summed E-state index contributed by atoms with van der Waals surface area (Å²) in [7, 11) is 0. The Balaban J connectivity index is 1.98. The monoisotopic (exact) mass is 302 g/mol. The number of benzene rings is 1. The van der Waals surface area contributed by atoms with Crippen LogP contribution in [0.25, 0.3) is 5.69 Å². The van der Waals surface area contributed by atoms with Crippen LogP contribution in [0.4, 0.5) is 0 Å². The fourth-order valence-electron chi connectivity index (χ4n) is 2.67. The molecule has 5 nitrogen and oxygen atoms in total. The third-order valence-electron chi connectivity index (χ3n) is 4.59. The van der Waals surface area contributed by atoms with Crippen molar-refractivity contribution in [3.63, 3.8) is 0 Å².